The van der Waals surface area contributed by atoms with Crippen molar-refractivity contribution in [2.75, 3.05) is 13.1 Å². The highest BCUT2D eigenvalue weighted by molar-refractivity contribution is 5.87. The molecule has 4 heteroatoms. The van der Waals surface area contributed by atoms with Crippen LogP contribution in [0.1, 0.15) is 39.5 Å². The number of nitrogens with zero attached hydrogens (tertiary/aromatic N) is 1. The van der Waals surface area contributed by atoms with E-state index < -0.39 is 0 Å². The van der Waals surface area contributed by atoms with E-state index in [1.165, 1.54) is 12.8 Å². The lowest BCUT2D eigenvalue weighted by Gasteiger charge is -2.36. The van der Waals surface area contributed by atoms with Crippen LogP contribution < -0.4 is 5.32 Å². The Bertz CT molecular complexity index is 312. The van der Waals surface area contributed by atoms with Crippen LogP contribution in [0.25, 0.3) is 0 Å². The SMILES string of the molecule is CC1(C)CCCC1N1CCC(=O)NCC1=O. The van der Waals surface area contributed by atoms with Gasteiger partial charge >= 0.3 is 0 Å². The van der Waals surface area contributed by atoms with Gasteiger partial charge in [-0.25, -0.2) is 0 Å². The molecule has 0 spiro atoms. The highest BCUT2D eigenvalue weighted by atomic mass is 16.2. The van der Waals surface area contributed by atoms with E-state index in [0.717, 1.165) is 6.42 Å². The van der Waals surface area contributed by atoms with Crippen molar-refractivity contribution in [2.24, 2.45) is 5.41 Å². The summed E-state index contributed by atoms with van der Waals surface area (Å²) in [5, 5.41) is 2.64. The maximum atomic E-state index is 11.9. The van der Waals surface area contributed by atoms with Crippen LogP contribution in [0.15, 0.2) is 0 Å². The predicted octanol–water partition coefficient (Wildman–Crippen LogP) is 0.914. The maximum Gasteiger partial charge on any atom is 0.242 e. The van der Waals surface area contributed by atoms with Gasteiger partial charge in [0.25, 0.3) is 0 Å². The first-order valence-electron chi connectivity index (χ1n) is 6.07. The summed E-state index contributed by atoms with van der Waals surface area (Å²) < 4.78 is 0. The number of carbonyl (C=O) groups is 2. The monoisotopic (exact) mass is 224 g/mol. The molecule has 0 aromatic carbocycles. The zero-order valence-electron chi connectivity index (χ0n) is 10.1. The summed E-state index contributed by atoms with van der Waals surface area (Å²) in [5.41, 5.74) is 0.197. The molecule has 1 aliphatic heterocycles. The average Bonchev–Trinajstić information content (AvgIpc) is 2.47. The molecule has 1 saturated heterocycles. The van der Waals surface area contributed by atoms with E-state index in [1.54, 1.807) is 0 Å². The number of hydrogen-bond acceptors (Lipinski definition) is 2. The summed E-state index contributed by atoms with van der Waals surface area (Å²) in [5.74, 6) is 0.0671. The smallest absolute Gasteiger partial charge is 0.242 e. The van der Waals surface area contributed by atoms with Gasteiger partial charge in [0.05, 0.1) is 6.54 Å². The Balaban J connectivity index is 2.13. The van der Waals surface area contributed by atoms with Crippen LogP contribution in [0.2, 0.25) is 0 Å². The van der Waals surface area contributed by atoms with Gasteiger partial charge in [0.1, 0.15) is 0 Å². The molecule has 0 aromatic heterocycles. The third kappa shape index (κ3) is 2.06. The number of carbonyl (C=O) groups excluding carboxylic acids is 2. The van der Waals surface area contributed by atoms with E-state index >= 15 is 0 Å². The van der Waals surface area contributed by atoms with Crippen molar-refractivity contribution in [1.29, 1.82) is 0 Å². The molecule has 0 aromatic rings. The van der Waals surface area contributed by atoms with Gasteiger partial charge in [-0.1, -0.05) is 20.3 Å². The summed E-state index contributed by atoms with van der Waals surface area (Å²) in [6.45, 7) is 5.19. The first-order chi connectivity index (χ1) is 7.50. The van der Waals surface area contributed by atoms with Gasteiger partial charge in [-0.2, -0.15) is 0 Å². The Labute approximate surface area is 96.4 Å². The quantitative estimate of drug-likeness (QED) is 0.720. The second kappa shape index (κ2) is 4.07. The predicted molar refractivity (Wildman–Crippen MR) is 60.8 cm³/mol. The molecule has 16 heavy (non-hydrogen) atoms. The minimum absolute atomic E-state index is 0.00773. The molecule has 2 rings (SSSR count). The minimum Gasteiger partial charge on any atom is -0.347 e. The first-order valence-corrected chi connectivity index (χ1v) is 6.07. The zero-order chi connectivity index (χ0) is 11.8. The molecule has 1 aliphatic carbocycles. The van der Waals surface area contributed by atoms with Gasteiger partial charge in [-0.3, -0.25) is 9.59 Å². The summed E-state index contributed by atoms with van der Waals surface area (Å²) in [4.78, 5) is 25.1. The van der Waals surface area contributed by atoms with Gasteiger partial charge < -0.3 is 10.2 Å². The van der Waals surface area contributed by atoms with Crippen LogP contribution in [-0.4, -0.2) is 35.8 Å². The van der Waals surface area contributed by atoms with Gasteiger partial charge in [0.15, 0.2) is 0 Å². The lowest BCUT2D eigenvalue weighted by atomic mass is 9.86. The van der Waals surface area contributed by atoms with E-state index in [-0.39, 0.29) is 23.8 Å². The minimum atomic E-state index is -0.00773. The van der Waals surface area contributed by atoms with Gasteiger partial charge in [-0.15, -0.1) is 0 Å². The molecular weight excluding hydrogens is 204 g/mol. The Morgan fingerprint density at radius 3 is 2.75 bits per heavy atom. The number of rotatable bonds is 1. The molecule has 1 N–H and O–H groups in total. The number of hydrogen-bond donors (Lipinski definition) is 1. The molecule has 1 saturated carbocycles. The van der Waals surface area contributed by atoms with Crippen molar-refractivity contribution in [1.82, 2.24) is 10.2 Å². The fourth-order valence-electron chi connectivity index (χ4n) is 2.93. The normalized spacial score (nSPS) is 30.1. The third-order valence-electron chi connectivity index (χ3n) is 3.91. The molecule has 1 atom stereocenters. The van der Waals surface area contributed by atoms with Crippen molar-refractivity contribution in [2.45, 2.75) is 45.6 Å². The summed E-state index contributed by atoms with van der Waals surface area (Å²) in [7, 11) is 0. The fraction of sp³-hybridized carbons (Fsp3) is 0.833. The van der Waals surface area contributed by atoms with Crippen molar-refractivity contribution >= 4 is 11.8 Å². The van der Waals surface area contributed by atoms with Crippen LogP contribution in [-0.2, 0) is 9.59 Å². The van der Waals surface area contributed by atoms with E-state index in [1.807, 2.05) is 4.90 Å². The highest BCUT2D eigenvalue weighted by Gasteiger charge is 2.40. The average molecular weight is 224 g/mol. The molecule has 1 unspecified atom stereocenters. The molecule has 2 amide bonds. The second-order valence-corrected chi connectivity index (χ2v) is 5.51. The molecule has 2 fully saturated rings. The van der Waals surface area contributed by atoms with Crippen molar-refractivity contribution < 1.29 is 9.59 Å². The molecule has 0 radical (unpaired) electrons. The van der Waals surface area contributed by atoms with Gasteiger partial charge in [0, 0.05) is 19.0 Å². The van der Waals surface area contributed by atoms with E-state index in [2.05, 4.69) is 19.2 Å². The zero-order valence-corrected chi connectivity index (χ0v) is 10.1. The summed E-state index contributed by atoms with van der Waals surface area (Å²) in [6.07, 6.45) is 3.87. The number of amides is 2. The number of nitrogens with one attached hydrogen (secondary N) is 1. The standard InChI is InChI=1S/C12H20N2O2/c1-12(2)6-3-4-9(12)14-7-5-10(15)13-8-11(14)16/h9H,3-8H2,1-2H3,(H,13,15). The van der Waals surface area contributed by atoms with Crippen LogP contribution in [0, 0.1) is 5.41 Å². The van der Waals surface area contributed by atoms with Crippen molar-refractivity contribution in [3.63, 3.8) is 0 Å². The maximum absolute atomic E-state index is 11.9. The Kier molecular flexibility index (Phi) is 2.91. The van der Waals surface area contributed by atoms with Crippen LogP contribution >= 0.6 is 0 Å². The van der Waals surface area contributed by atoms with Gasteiger partial charge in [0.2, 0.25) is 11.8 Å². The van der Waals surface area contributed by atoms with E-state index in [0.29, 0.717) is 19.0 Å². The van der Waals surface area contributed by atoms with E-state index in [4.69, 9.17) is 0 Å². The largest absolute Gasteiger partial charge is 0.347 e. The van der Waals surface area contributed by atoms with E-state index in [9.17, 15) is 9.59 Å². The van der Waals surface area contributed by atoms with Crippen LogP contribution in [0.3, 0.4) is 0 Å². The third-order valence-corrected chi connectivity index (χ3v) is 3.91. The molecule has 0 bridgehead atoms. The Hall–Kier alpha value is -1.06. The Morgan fingerprint density at radius 2 is 2.12 bits per heavy atom. The summed E-state index contributed by atoms with van der Waals surface area (Å²) in [6, 6.07) is 0.313. The first kappa shape index (κ1) is 11.4. The highest BCUT2D eigenvalue weighted by Crippen LogP contribution is 2.40. The van der Waals surface area contributed by atoms with Crippen molar-refractivity contribution in [3.05, 3.63) is 0 Å². The van der Waals surface area contributed by atoms with Crippen molar-refractivity contribution in [3.8, 4) is 0 Å². The summed E-state index contributed by atoms with van der Waals surface area (Å²) >= 11 is 0. The molecular formula is C12H20N2O2. The topological polar surface area (TPSA) is 49.4 Å². The Morgan fingerprint density at radius 1 is 1.38 bits per heavy atom. The fourth-order valence-corrected chi connectivity index (χ4v) is 2.93. The molecule has 4 nitrogen and oxygen atoms in total. The van der Waals surface area contributed by atoms with Crippen LogP contribution in [0.4, 0.5) is 0 Å². The molecule has 90 valence electrons. The second-order valence-electron chi connectivity index (χ2n) is 5.51. The molecule has 2 aliphatic rings. The molecule has 1 heterocycles. The lowest BCUT2D eigenvalue weighted by molar-refractivity contribution is -0.133. The van der Waals surface area contributed by atoms with Gasteiger partial charge in [-0.05, 0) is 18.3 Å². The van der Waals surface area contributed by atoms with Crippen LogP contribution in [0.5, 0.6) is 0 Å². The lowest BCUT2D eigenvalue weighted by Crippen LogP contribution is -2.47.